The van der Waals surface area contributed by atoms with Crippen molar-refractivity contribution >= 4 is 25.7 Å². The molecule has 0 unspecified atom stereocenters. The molecule has 4 nitrogen and oxygen atoms in total. The fourth-order valence-corrected chi connectivity index (χ4v) is 11.4. The van der Waals surface area contributed by atoms with Gasteiger partial charge in [0, 0.05) is 0 Å². The molecule has 0 aliphatic carbocycles. The maximum Gasteiger partial charge on any atom is 0.320 e. The van der Waals surface area contributed by atoms with Gasteiger partial charge in [-0.1, -0.05) is 22.3 Å². The van der Waals surface area contributed by atoms with E-state index in [0.717, 1.165) is 0 Å². The first-order valence-corrected chi connectivity index (χ1v) is 12.8. The van der Waals surface area contributed by atoms with E-state index < -0.39 is 25.7 Å². The van der Waals surface area contributed by atoms with Crippen molar-refractivity contribution in [2.45, 2.75) is 61.6 Å². The van der Waals surface area contributed by atoms with Crippen LogP contribution in [-0.4, -0.2) is 35.3 Å². The first-order chi connectivity index (χ1) is 5.41. The molecule has 0 aromatic heterocycles. The summed E-state index contributed by atoms with van der Waals surface area (Å²) >= 11 is 0. The lowest BCUT2D eigenvalue weighted by atomic mass is 11.9. The van der Waals surface area contributed by atoms with E-state index in [1.54, 1.807) is 26.2 Å². The third-order valence-corrected chi connectivity index (χ3v) is 8.92. The number of rotatable bonds is 4. The second-order valence-electron chi connectivity index (χ2n) is 4.50. The Kier molecular flexibility index (Phi) is 12.3. The molecule has 0 aromatic rings. The molecule has 0 radical (unpaired) electrons. The summed E-state index contributed by atoms with van der Waals surface area (Å²) in [4.78, 5) is 19.1. The highest BCUT2D eigenvalue weighted by Gasteiger charge is 2.38. The molecule has 104 valence electrons. The van der Waals surface area contributed by atoms with E-state index in [1.165, 1.54) is 0 Å². The van der Waals surface area contributed by atoms with Gasteiger partial charge in [0.2, 0.25) is 0 Å². The van der Waals surface area contributed by atoms with Crippen LogP contribution in [0.5, 0.6) is 0 Å². The average Bonchev–Trinajstić information content (AvgIpc) is 1.43. The molecule has 0 atom stereocenters. The Bertz CT molecular complexity index is 155. The standard InChI is InChI=1S/C6H20O4Si3.3CH4/c1-11(2,7)9-13(5,6)10-12(3,4)8;;;/h7-8H,1-6H3;3*1H4. The van der Waals surface area contributed by atoms with Gasteiger partial charge in [-0.05, 0) is 39.3 Å². The van der Waals surface area contributed by atoms with Crippen LogP contribution in [0.25, 0.3) is 0 Å². The van der Waals surface area contributed by atoms with E-state index in [0.29, 0.717) is 0 Å². The summed E-state index contributed by atoms with van der Waals surface area (Å²) in [7, 11) is -7.44. The van der Waals surface area contributed by atoms with Crippen molar-refractivity contribution in [2.24, 2.45) is 0 Å². The van der Waals surface area contributed by atoms with Gasteiger partial charge in [-0.25, -0.2) is 0 Å². The summed E-state index contributed by atoms with van der Waals surface area (Å²) < 4.78 is 11.0. The largest absolute Gasteiger partial charge is 0.416 e. The molecule has 0 aromatic carbocycles. The highest BCUT2D eigenvalue weighted by atomic mass is 28.5. The lowest BCUT2D eigenvalue weighted by Crippen LogP contribution is -2.52. The first-order valence-electron chi connectivity index (χ1n) is 4.26. The summed E-state index contributed by atoms with van der Waals surface area (Å²) in [6.45, 7) is 10.4. The van der Waals surface area contributed by atoms with E-state index >= 15 is 0 Å². The minimum absolute atomic E-state index is 0. The SMILES string of the molecule is C.C.C.C[Si](C)(O)O[Si](C)(C)O[Si](C)(C)O. The van der Waals surface area contributed by atoms with Gasteiger partial charge in [0.25, 0.3) is 0 Å². The molecule has 0 spiro atoms. The molecule has 0 bridgehead atoms. The quantitative estimate of drug-likeness (QED) is 0.781. The lowest BCUT2D eigenvalue weighted by molar-refractivity contribution is 0.294. The fourth-order valence-electron chi connectivity index (χ4n) is 1.22. The van der Waals surface area contributed by atoms with Crippen LogP contribution in [0.3, 0.4) is 0 Å². The third-order valence-electron chi connectivity index (χ3n) is 0.991. The van der Waals surface area contributed by atoms with Gasteiger partial charge in [-0.2, -0.15) is 0 Å². The van der Waals surface area contributed by atoms with Gasteiger partial charge in [0.05, 0.1) is 0 Å². The Morgan fingerprint density at radius 2 is 0.812 bits per heavy atom. The summed E-state index contributed by atoms with van der Waals surface area (Å²) in [6.07, 6.45) is 0. The monoisotopic (exact) mass is 288 g/mol. The molecule has 7 heteroatoms. The van der Waals surface area contributed by atoms with Crippen molar-refractivity contribution < 1.29 is 17.8 Å². The van der Waals surface area contributed by atoms with Gasteiger partial charge in [-0.15, -0.1) is 0 Å². The zero-order valence-corrected chi connectivity index (χ0v) is 12.2. The zero-order valence-electron chi connectivity index (χ0n) is 9.21. The fraction of sp³-hybridized carbons (Fsp3) is 1.00. The second-order valence-corrected chi connectivity index (χ2v) is 14.7. The molecule has 0 aliphatic heterocycles. The first kappa shape index (κ1) is 25.4. The molecule has 0 rings (SSSR count). The normalized spacial score (nSPS) is 12.0. The van der Waals surface area contributed by atoms with Crippen molar-refractivity contribution in [3.63, 3.8) is 0 Å². The molecule has 0 aliphatic rings. The van der Waals surface area contributed by atoms with Crippen molar-refractivity contribution in [3.05, 3.63) is 0 Å². The van der Waals surface area contributed by atoms with Crippen molar-refractivity contribution in [2.75, 3.05) is 0 Å². The van der Waals surface area contributed by atoms with Gasteiger partial charge in [0.1, 0.15) is 0 Å². The van der Waals surface area contributed by atoms with Crippen molar-refractivity contribution in [1.29, 1.82) is 0 Å². The maximum atomic E-state index is 9.56. The average molecular weight is 289 g/mol. The van der Waals surface area contributed by atoms with Crippen LogP contribution in [0.15, 0.2) is 0 Å². The molecule has 0 saturated heterocycles. The minimum atomic E-state index is -2.54. The van der Waals surface area contributed by atoms with Gasteiger partial charge in [0.15, 0.2) is 0 Å². The summed E-state index contributed by atoms with van der Waals surface area (Å²) in [5.41, 5.74) is 0. The van der Waals surface area contributed by atoms with Crippen LogP contribution < -0.4 is 0 Å². The third kappa shape index (κ3) is 16.9. The Hall–Kier alpha value is 0.491. The van der Waals surface area contributed by atoms with Crippen LogP contribution in [0, 0.1) is 0 Å². The maximum absolute atomic E-state index is 9.56. The molecule has 0 amide bonds. The van der Waals surface area contributed by atoms with Gasteiger partial charge in [-0.3, -0.25) is 0 Å². The summed E-state index contributed by atoms with van der Waals surface area (Å²) in [5.74, 6) is 0. The Morgan fingerprint density at radius 3 is 0.938 bits per heavy atom. The predicted molar refractivity (Wildman–Crippen MR) is 79.2 cm³/mol. The molecule has 0 saturated carbocycles. The minimum Gasteiger partial charge on any atom is -0.416 e. The smallest absolute Gasteiger partial charge is 0.320 e. The van der Waals surface area contributed by atoms with Crippen LogP contribution in [0.1, 0.15) is 22.3 Å². The van der Waals surface area contributed by atoms with Crippen molar-refractivity contribution in [1.82, 2.24) is 0 Å². The highest BCUT2D eigenvalue weighted by molar-refractivity contribution is 6.83. The highest BCUT2D eigenvalue weighted by Crippen LogP contribution is 2.17. The van der Waals surface area contributed by atoms with E-state index in [9.17, 15) is 9.59 Å². The molecule has 0 heterocycles. The van der Waals surface area contributed by atoms with Crippen molar-refractivity contribution in [3.8, 4) is 0 Å². The lowest BCUT2D eigenvalue weighted by Gasteiger charge is -2.33. The van der Waals surface area contributed by atoms with Crippen LogP contribution >= 0.6 is 0 Å². The van der Waals surface area contributed by atoms with Crippen LogP contribution in [0.2, 0.25) is 39.3 Å². The number of hydrogen-bond donors (Lipinski definition) is 2. The Labute approximate surface area is 105 Å². The summed E-state index contributed by atoms with van der Waals surface area (Å²) in [6, 6.07) is 0. The van der Waals surface area contributed by atoms with Gasteiger partial charge >= 0.3 is 25.7 Å². The number of hydrogen-bond acceptors (Lipinski definition) is 4. The molecule has 2 N–H and O–H groups in total. The Balaban J connectivity index is -0.000000240. The molecular weight excluding hydrogens is 256 g/mol. The summed E-state index contributed by atoms with van der Waals surface area (Å²) in [5, 5.41) is 0. The molecular formula is C9H32O4Si3. The van der Waals surface area contributed by atoms with E-state index in [4.69, 9.17) is 8.23 Å². The zero-order chi connectivity index (χ0) is 10.9. The molecule has 0 fully saturated rings. The Morgan fingerprint density at radius 1 is 0.625 bits per heavy atom. The molecule has 16 heavy (non-hydrogen) atoms. The van der Waals surface area contributed by atoms with Crippen LogP contribution in [0.4, 0.5) is 0 Å². The van der Waals surface area contributed by atoms with E-state index in [-0.39, 0.29) is 22.3 Å². The second kappa shape index (κ2) is 7.75. The van der Waals surface area contributed by atoms with Gasteiger partial charge < -0.3 is 17.8 Å². The predicted octanol–water partition coefficient (Wildman–Crippen LogP) is 3.02. The van der Waals surface area contributed by atoms with E-state index in [2.05, 4.69) is 0 Å². The van der Waals surface area contributed by atoms with E-state index in [1.807, 2.05) is 13.1 Å². The topological polar surface area (TPSA) is 58.9 Å². The van der Waals surface area contributed by atoms with Crippen LogP contribution in [-0.2, 0) is 8.23 Å².